The number of allylic oxidation sites excluding steroid dienone is 1. The van der Waals surface area contributed by atoms with Crippen LogP contribution in [0, 0.1) is 17.8 Å². The number of cyclic esters (lactones) is 1. The van der Waals surface area contributed by atoms with Gasteiger partial charge in [-0.05, 0) is 105 Å². The number of benzene rings is 1. The number of ketones is 1. The van der Waals surface area contributed by atoms with Gasteiger partial charge in [-0.3, -0.25) is 13.8 Å². The van der Waals surface area contributed by atoms with Gasteiger partial charge in [0, 0.05) is 32.5 Å². The summed E-state index contributed by atoms with van der Waals surface area (Å²) in [5.74, 6) is -4.31. The Bertz CT molecular complexity index is 1890. The van der Waals surface area contributed by atoms with Gasteiger partial charge in [-0.2, -0.15) is 8.42 Å². The van der Waals surface area contributed by atoms with Gasteiger partial charge in [0.2, 0.25) is 0 Å². The van der Waals surface area contributed by atoms with Crippen LogP contribution in [-0.2, 0) is 61.8 Å². The van der Waals surface area contributed by atoms with E-state index in [-0.39, 0.29) is 36.3 Å². The number of hydrogen-bond acceptors (Lipinski definition) is 16. The molecule has 0 unspecified atom stereocenters. The van der Waals surface area contributed by atoms with E-state index in [0.29, 0.717) is 12.0 Å². The molecule has 0 saturated carbocycles. The molecule has 0 aromatic heterocycles. The van der Waals surface area contributed by atoms with Gasteiger partial charge in [0.15, 0.2) is 30.6 Å². The van der Waals surface area contributed by atoms with Crippen molar-refractivity contribution in [2.45, 2.75) is 160 Å². The number of carbonyl (C=O) groups is 3. The molecule has 17 heteroatoms. The monoisotopic (exact) mass is 909 g/mol. The molecule has 1 aromatic carbocycles. The molecule has 3 heterocycles. The van der Waals surface area contributed by atoms with E-state index in [4.69, 9.17) is 42.1 Å². The Morgan fingerprint density at radius 3 is 2.08 bits per heavy atom. The summed E-state index contributed by atoms with van der Waals surface area (Å²) in [5, 5.41) is 11.6. The van der Waals surface area contributed by atoms with Gasteiger partial charge in [0.1, 0.15) is 11.7 Å². The molecule has 3 aliphatic rings. The maximum atomic E-state index is 14.4. The van der Waals surface area contributed by atoms with Gasteiger partial charge in [0.25, 0.3) is 10.1 Å². The number of nitrogens with zero attached hydrogens (tertiary/aromatic N) is 1. The summed E-state index contributed by atoms with van der Waals surface area (Å²) in [4.78, 5) is 44.3. The zero-order chi connectivity index (χ0) is 47.4. The first kappa shape index (κ1) is 52.5. The Hall–Kier alpha value is -3.10. The van der Waals surface area contributed by atoms with Crippen molar-refractivity contribution in [3.8, 4) is 0 Å². The lowest BCUT2D eigenvalue weighted by Crippen LogP contribution is -2.61. The first-order chi connectivity index (χ1) is 29.2. The van der Waals surface area contributed by atoms with E-state index < -0.39 is 106 Å². The highest BCUT2D eigenvalue weighted by atomic mass is 32.2. The Balaban J connectivity index is 1.91. The number of ether oxygens (including phenoxy) is 8. The van der Waals surface area contributed by atoms with Crippen LogP contribution < -0.4 is 0 Å². The van der Waals surface area contributed by atoms with Crippen molar-refractivity contribution in [3.05, 3.63) is 60.2 Å². The van der Waals surface area contributed by atoms with Crippen molar-refractivity contribution in [1.29, 1.82) is 0 Å². The summed E-state index contributed by atoms with van der Waals surface area (Å²) in [6.07, 6.45) is -4.90. The SMILES string of the molecule is C=C[C@H]1OC(=O)[C@H](C)[C@@H](O[C@H]2C[C@@](C)(OC)[C@@H](OS(C)(=O)=O)[C@H](C)O2)[C@H](C)[C@@H](O[C@@H]2O[C@H](C)C[C@H](N(C)C)[C@H]2OC(=O)c2ccccc2)[C@](C)(OC)C[C@@H](C)C(=O)/C(C)=C/[C@]1(C)O. The zero-order valence-electron chi connectivity index (χ0n) is 39.4. The highest BCUT2D eigenvalue weighted by Crippen LogP contribution is 2.42. The average molecular weight is 910 g/mol. The third-order valence-electron chi connectivity index (χ3n) is 12.8. The fourth-order valence-corrected chi connectivity index (χ4v) is 10.0. The largest absolute Gasteiger partial charge is 0.454 e. The number of esters is 2. The maximum Gasteiger partial charge on any atom is 0.338 e. The van der Waals surface area contributed by atoms with Gasteiger partial charge in [-0.15, -0.1) is 0 Å². The minimum atomic E-state index is -3.94. The molecule has 3 aliphatic heterocycles. The zero-order valence-corrected chi connectivity index (χ0v) is 40.2. The van der Waals surface area contributed by atoms with Crippen LogP contribution >= 0.6 is 0 Å². The third kappa shape index (κ3) is 12.6. The third-order valence-corrected chi connectivity index (χ3v) is 13.4. The van der Waals surface area contributed by atoms with E-state index in [1.165, 1.54) is 33.3 Å². The standard InChI is InChI=1S/C46H71NO15S/c1-16-34-44(8,51)23-26(2)36(48)27(3)24-45(9,54-13)39(61-43-38(33(47(11)12)22-28(4)56-43)60-42(50)32-20-18-17-19-21-32)29(5)37(30(6)41(49)58-34)59-35-25-46(10,55-14)40(31(7)57-35)62-63(15,52)53/h16-21,23,27-31,33-35,37-40,43,51H,1,22,24-25H2,2-15H3/b26-23+/t27-,28-,29+,30-,31+,33+,34-,35+,37+,38-,39-,40+,43+,44+,45-,46-/m1/s1. The van der Waals surface area contributed by atoms with E-state index in [1.807, 2.05) is 25.9 Å². The van der Waals surface area contributed by atoms with Crippen LogP contribution in [0.4, 0.5) is 0 Å². The lowest BCUT2D eigenvalue weighted by Gasteiger charge is -2.50. The summed E-state index contributed by atoms with van der Waals surface area (Å²) >= 11 is 0. The van der Waals surface area contributed by atoms with E-state index in [9.17, 15) is 27.9 Å². The molecule has 1 N–H and O–H groups in total. The molecule has 0 bridgehead atoms. The van der Waals surface area contributed by atoms with Crippen molar-refractivity contribution >= 4 is 27.8 Å². The summed E-state index contributed by atoms with van der Waals surface area (Å²) < 4.78 is 81.5. The molecule has 0 amide bonds. The van der Waals surface area contributed by atoms with Gasteiger partial charge >= 0.3 is 11.9 Å². The number of methoxy groups -OCH3 is 2. The molecule has 4 rings (SSSR count). The van der Waals surface area contributed by atoms with Crippen LogP contribution in [0.1, 0.15) is 91.9 Å². The van der Waals surface area contributed by atoms with Crippen LogP contribution in [0.2, 0.25) is 0 Å². The number of carbonyl (C=O) groups excluding carboxylic acids is 3. The summed E-state index contributed by atoms with van der Waals surface area (Å²) in [5.41, 5.74) is -3.84. The highest BCUT2D eigenvalue weighted by molar-refractivity contribution is 7.86. The molecular weight excluding hydrogens is 839 g/mol. The number of rotatable bonds is 12. The second-order valence-electron chi connectivity index (χ2n) is 18.5. The molecule has 16 nitrogen and oxygen atoms in total. The first-order valence-electron chi connectivity index (χ1n) is 21.5. The predicted octanol–water partition coefficient (Wildman–Crippen LogP) is 5.01. The topological polar surface area (TPSA) is 192 Å². The first-order valence-corrected chi connectivity index (χ1v) is 23.3. The van der Waals surface area contributed by atoms with E-state index in [1.54, 1.807) is 78.8 Å². The second kappa shape index (κ2) is 21.0. The maximum absolute atomic E-state index is 14.4. The molecule has 2 saturated heterocycles. The van der Waals surface area contributed by atoms with Crippen LogP contribution in [0.15, 0.2) is 54.6 Å². The minimum Gasteiger partial charge on any atom is -0.454 e. The lowest BCUT2D eigenvalue weighted by atomic mass is 9.76. The normalized spacial score (nSPS) is 40.9. The van der Waals surface area contributed by atoms with Crippen molar-refractivity contribution in [2.24, 2.45) is 17.8 Å². The molecular formula is C46H71NO15S. The van der Waals surface area contributed by atoms with Gasteiger partial charge < -0.3 is 47.9 Å². The fourth-order valence-electron chi connectivity index (χ4n) is 9.26. The number of aliphatic hydroxyl groups is 1. The Morgan fingerprint density at radius 1 is 0.921 bits per heavy atom. The van der Waals surface area contributed by atoms with E-state index >= 15 is 0 Å². The fraction of sp³-hybridized carbons (Fsp3) is 0.717. The van der Waals surface area contributed by atoms with Crippen LogP contribution in [0.5, 0.6) is 0 Å². The number of likely N-dealkylation sites (N-methyl/N-ethyl adjacent to an activating group) is 1. The van der Waals surface area contributed by atoms with Crippen molar-refractivity contribution in [2.75, 3.05) is 34.6 Å². The van der Waals surface area contributed by atoms with Crippen molar-refractivity contribution in [3.63, 3.8) is 0 Å². The smallest absolute Gasteiger partial charge is 0.338 e. The molecule has 1 aromatic rings. The highest BCUT2D eigenvalue weighted by Gasteiger charge is 2.54. The molecule has 2 fully saturated rings. The van der Waals surface area contributed by atoms with E-state index in [0.717, 1.165) is 6.26 Å². The second-order valence-corrected chi connectivity index (χ2v) is 20.1. The molecule has 356 valence electrons. The molecule has 16 atom stereocenters. The van der Waals surface area contributed by atoms with Gasteiger partial charge in [-0.1, -0.05) is 38.6 Å². The minimum absolute atomic E-state index is 0.0308. The number of hydrogen-bond donors (Lipinski definition) is 1. The van der Waals surface area contributed by atoms with Gasteiger partial charge in [0.05, 0.1) is 59.4 Å². The summed E-state index contributed by atoms with van der Waals surface area (Å²) in [6, 6.07) is 8.22. The Kier molecular flexibility index (Phi) is 17.5. The Morgan fingerprint density at radius 2 is 1.52 bits per heavy atom. The lowest BCUT2D eigenvalue weighted by molar-refractivity contribution is -0.317. The van der Waals surface area contributed by atoms with Gasteiger partial charge in [-0.25, -0.2) is 4.79 Å². The predicted molar refractivity (Wildman–Crippen MR) is 233 cm³/mol. The molecule has 0 spiro atoms. The average Bonchev–Trinajstić information content (AvgIpc) is 3.21. The van der Waals surface area contributed by atoms with Crippen molar-refractivity contribution < 1.29 is 70.0 Å². The number of Topliss-reactive ketones (excluding diaryl/α,β-unsaturated/α-hetero) is 1. The van der Waals surface area contributed by atoms with Crippen LogP contribution in [0.25, 0.3) is 0 Å². The van der Waals surface area contributed by atoms with Crippen LogP contribution in [-0.4, -0.2) is 149 Å². The van der Waals surface area contributed by atoms with E-state index in [2.05, 4.69) is 6.58 Å². The summed E-state index contributed by atoms with van der Waals surface area (Å²) in [7, 11) is 2.75. The Labute approximate surface area is 374 Å². The molecule has 63 heavy (non-hydrogen) atoms. The van der Waals surface area contributed by atoms with Crippen molar-refractivity contribution in [1.82, 2.24) is 4.90 Å². The summed E-state index contributed by atoms with van der Waals surface area (Å²) in [6.45, 7) is 19.0. The van der Waals surface area contributed by atoms with Crippen LogP contribution in [0.3, 0.4) is 0 Å². The molecule has 0 radical (unpaired) electrons. The molecule has 0 aliphatic carbocycles. The quantitative estimate of drug-likeness (QED) is 0.167.